The summed E-state index contributed by atoms with van der Waals surface area (Å²) in [5.74, 6) is -0.390. The van der Waals surface area contributed by atoms with Crippen LogP contribution in [0.1, 0.15) is 34.5 Å². The molecular formula is C24H23N3O2S. The molecule has 1 unspecified atom stereocenters. The zero-order valence-corrected chi connectivity index (χ0v) is 17.4. The van der Waals surface area contributed by atoms with Crippen LogP contribution in [0.5, 0.6) is 0 Å². The number of nitrogens with one attached hydrogen (secondary N) is 3. The number of thiocarbonyl (C=S) groups is 1. The molecule has 0 aliphatic carbocycles. The molecule has 0 fully saturated rings. The van der Waals surface area contributed by atoms with Crippen molar-refractivity contribution in [1.29, 1.82) is 0 Å². The molecule has 0 saturated carbocycles. The van der Waals surface area contributed by atoms with E-state index in [9.17, 15) is 9.59 Å². The van der Waals surface area contributed by atoms with Gasteiger partial charge in [0.25, 0.3) is 5.91 Å². The highest BCUT2D eigenvalue weighted by atomic mass is 32.1. The zero-order valence-electron chi connectivity index (χ0n) is 16.6. The van der Waals surface area contributed by atoms with Crippen LogP contribution in [-0.4, -0.2) is 16.9 Å². The maximum Gasteiger partial charge on any atom is 0.251 e. The van der Waals surface area contributed by atoms with Crippen LogP contribution in [0.15, 0.2) is 84.9 Å². The van der Waals surface area contributed by atoms with Gasteiger partial charge in [-0.15, -0.1) is 0 Å². The third-order valence-corrected chi connectivity index (χ3v) is 4.69. The van der Waals surface area contributed by atoms with Crippen LogP contribution in [0.25, 0.3) is 0 Å². The topological polar surface area (TPSA) is 70.2 Å². The van der Waals surface area contributed by atoms with Gasteiger partial charge in [0.2, 0.25) is 5.91 Å². The molecule has 30 heavy (non-hydrogen) atoms. The Morgan fingerprint density at radius 3 is 2.27 bits per heavy atom. The molecule has 0 aromatic heterocycles. The van der Waals surface area contributed by atoms with Crippen molar-refractivity contribution >= 4 is 34.8 Å². The average molecular weight is 418 g/mol. The highest BCUT2D eigenvalue weighted by Crippen LogP contribution is 2.15. The number of anilines is 1. The Morgan fingerprint density at radius 2 is 1.57 bits per heavy atom. The Bertz CT molecular complexity index is 1020. The molecule has 5 nitrogen and oxygen atoms in total. The summed E-state index contributed by atoms with van der Waals surface area (Å²) in [5.41, 5.74) is 3.06. The Morgan fingerprint density at radius 1 is 0.900 bits per heavy atom. The first kappa shape index (κ1) is 21.2. The summed E-state index contributed by atoms with van der Waals surface area (Å²) in [6, 6.07) is 26.1. The molecule has 0 bridgehead atoms. The molecule has 1 atom stereocenters. The van der Waals surface area contributed by atoms with Gasteiger partial charge in [0.1, 0.15) is 0 Å². The Labute approximate surface area is 181 Å². The van der Waals surface area contributed by atoms with Crippen LogP contribution < -0.4 is 16.0 Å². The molecule has 3 N–H and O–H groups in total. The fourth-order valence-electron chi connectivity index (χ4n) is 2.96. The van der Waals surface area contributed by atoms with Crippen LogP contribution in [0.2, 0.25) is 0 Å². The van der Waals surface area contributed by atoms with E-state index in [1.165, 1.54) is 0 Å². The third-order valence-electron chi connectivity index (χ3n) is 4.49. The number of amides is 2. The van der Waals surface area contributed by atoms with Crippen LogP contribution in [0.4, 0.5) is 5.69 Å². The lowest BCUT2D eigenvalue weighted by molar-refractivity contribution is -0.119. The normalized spacial score (nSPS) is 11.2. The highest BCUT2D eigenvalue weighted by Gasteiger charge is 2.12. The highest BCUT2D eigenvalue weighted by molar-refractivity contribution is 7.80. The van der Waals surface area contributed by atoms with Crippen molar-refractivity contribution < 1.29 is 9.59 Å². The van der Waals surface area contributed by atoms with Gasteiger partial charge in [0.15, 0.2) is 5.11 Å². The molecule has 3 rings (SSSR count). The van der Waals surface area contributed by atoms with E-state index in [0.29, 0.717) is 11.3 Å². The van der Waals surface area contributed by atoms with Crippen molar-refractivity contribution in [2.75, 3.05) is 5.32 Å². The Kier molecular flexibility index (Phi) is 7.29. The Balaban J connectivity index is 1.56. The van der Waals surface area contributed by atoms with E-state index in [1.54, 1.807) is 24.3 Å². The van der Waals surface area contributed by atoms with E-state index in [1.807, 2.05) is 67.6 Å². The van der Waals surface area contributed by atoms with Crippen LogP contribution in [0.3, 0.4) is 0 Å². The van der Waals surface area contributed by atoms with E-state index < -0.39 is 0 Å². The summed E-state index contributed by atoms with van der Waals surface area (Å²) in [4.78, 5) is 24.7. The lowest BCUT2D eigenvalue weighted by atomic mass is 10.1. The van der Waals surface area contributed by atoms with E-state index in [-0.39, 0.29) is 29.4 Å². The molecular weight excluding hydrogens is 394 g/mol. The van der Waals surface area contributed by atoms with Crippen molar-refractivity contribution in [3.63, 3.8) is 0 Å². The number of rotatable bonds is 6. The number of hydrogen-bond donors (Lipinski definition) is 3. The average Bonchev–Trinajstić information content (AvgIpc) is 2.75. The molecule has 0 aliphatic rings. The summed E-state index contributed by atoms with van der Waals surface area (Å²) >= 11 is 5.23. The monoisotopic (exact) mass is 417 g/mol. The second-order valence-corrected chi connectivity index (χ2v) is 7.26. The second-order valence-electron chi connectivity index (χ2n) is 6.85. The standard InChI is InChI=1S/C24H23N3O2S/c1-17(19-11-6-3-7-12-19)25-23(29)20-13-8-14-21(16-20)26-24(30)27-22(28)15-18-9-4-2-5-10-18/h2-14,16-17H,15H2,1H3,(H,25,29)(H2,26,27,28,30). The van der Waals surface area contributed by atoms with Crippen LogP contribution in [0, 0.1) is 0 Å². The maximum atomic E-state index is 12.6. The minimum Gasteiger partial charge on any atom is -0.346 e. The SMILES string of the molecule is CC(NC(=O)c1cccc(NC(=S)NC(=O)Cc2ccccc2)c1)c1ccccc1. The summed E-state index contributed by atoms with van der Waals surface area (Å²) in [6.45, 7) is 1.94. The first-order chi connectivity index (χ1) is 14.5. The predicted molar refractivity (Wildman–Crippen MR) is 123 cm³/mol. The molecule has 3 aromatic rings. The van der Waals surface area contributed by atoms with Gasteiger partial charge >= 0.3 is 0 Å². The van der Waals surface area contributed by atoms with E-state index in [2.05, 4.69) is 16.0 Å². The number of benzene rings is 3. The molecule has 6 heteroatoms. The van der Waals surface area contributed by atoms with Gasteiger partial charge in [0.05, 0.1) is 12.5 Å². The molecule has 0 spiro atoms. The molecule has 2 amide bonds. The molecule has 3 aromatic carbocycles. The third kappa shape index (κ3) is 6.25. The van der Waals surface area contributed by atoms with Crippen LogP contribution in [-0.2, 0) is 11.2 Å². The number of carbonyl (C=O) groups excluding carboxylic acids is 2. The van der Waals surface area contributed by atoms with Gasteiger partial charge in [-0.2, -0.15) is 0 Å². The summed E-state index contributed by atoms with van der Waals surface area (Å²) in [7, 11) is 0. The summed E-state index contributed by atoms with van der Waals surface area (Å²) in [6.07, 6.45) is 0.239. The first-order valence-electron chi connectivity index (χ1n) is 9.62. The molecule has 0 radical (unpaired) electrons. The largest absolute Gasteiger partial charge is 0.346 e. The van der Waals surface area contributed by atoms with Crippen molar-refractivity contribution in [2.24, 2.45) is 0 Å². The second kappa shape index (κ2) is 10.3. The number of hydrogen-bond acceptors (Lipinski definition) is 3. The fourth-order valence-corrected chi connectivity index (χ4v) is 3.19. The number of carbonyl (C=O) groups is 2. The maximum absolute atomic E-state index is 12.6. The van der Waals surface area contributed by atoms with Gasteiger partial charge in [-0.05, 0) is 48.5 Å². The van der Waals surface area contributed by atoms with E-state index >= 15 is 0 Å². The van der Waals surface area contributed by atoms with Gasteiger partial charge in [-0.25, -0.2) is 0 Å². The van der Waals surface area contributed by atoms with Crippen molar-refractivity contribution in [3.8, 4) is 0 Å². The molecule has 152 valence electrons. The first-order valence-corrected chi connectivity index (χ1v) is 10.0. The zero-order chi connectivity index (χ0) is 21.3. The molecule has 0 aliphatic heterocycles. The van der Waals surface area contributed by atoms with Crippen molar-refractivity contribution in [2.45, 2.75) is 19.4 Å². The summed E-state index contributed by atoms with van der Waals surface area (Å²) < 4.78 is 0. The molecule has 0 saturated heterocycles. The minimum atomic E-state index is -0.204. The minimum absolute atomic E-state index is 0.117. The van der Waals surface area contributed by atoms with Gasteiger partial charge in [0, 0.05) is 11.3 Å². The lowest BCUT2D eigenvalue weighted by Crippen LogP contribution is -2.35. The van der Waals surface area contributed by atoms with Crippen molar-refractivity contribution in [1.82, 2.24) is 10.6 Å². The molecule has 0 heterocycles. The van der Waals surface area contributed by atoms with Gasteiger partial charge < -0.3 is 16.0 Å². The quantitative estimate of drug-likeness (QED) is 0.525. The smallest absolute Gasteiger partial charge is 0.251 e. The fraction of sp³-hybridized carbons (Fsp3) is 0.125. The predicted octanol–water partition coefficient (Wildman–Crippen LogP) is 4.23. The Hall–Kier alpha value is -3.51. The van der Waals surface area contributed by atoms with Crippen LogP contribution >= 0.6 is 12.2 Å². The lowest BCUT2D eigenvalue weighted by Gasteiger charge is -2.15. The van der Waals surface area contributed by atoms with Gasteiger partial charge in [-0.1, -0.05) is 66.7 Å². The van der Waals surface area contributed by atoms with E-state index in [4.69, 9.17) is 12.2 Å². The van der Waals surface area contributed by atoms with E-state index in [0.717, 1.165) is 11.1 Å². The summed E-state index contributed by atoms with van der Waals surface area (Å²) in [5, 5.41) is 8.79. The van der Waals surface area contributed by atoms with Gasteiger partial charge in [-0.3, -0.25) is 9.59 Å². The van der Waals surface area contributed by atoms with Crippen molar-refractivity contribution in [3.05, 3.63) is 102 Å².